The number of piperidine rings is 1. The van der Waals surface area contributed by atoms with E-state index in [1.54, 1.807) is 13.3 Å². The van der Waals surface area contributed by atoms with Crippen molar-refractivity contribution in [1.82, 2.24) is 9.88 Å². The zero-order valence-electron chi connectivity index (χ0n) is 11.0. The van der Waals surface area contributed by atoms with E-state index >= 15 is 0 Å². The molecule has 3 heteroatoms. The summed E-state index contributed by atoms with van der Waals surface area (Å²) in [7, 11) is 1.70. The first kappa shape index (κ1) is 12.4. The van der Waals surface area contributed by atoms with Gasteiger partial charge in [-0.05, 0) is 39.3 Å². The first-order chi connectivity index (χ1) is 8.24. The van der Waals surface area contributed by atoms with Gasteiger partial charge >= 0.3 is 0 Å². The van der Waals surface area contributed by atoms with E-state index < -0.39 is 0 Å². The predicted molar refractivity (Wildman–Crippen MR) is 69.2 cm³/mol. The summed E-state index contributed by atoms with van der Waals surface area (Å²) in [4.78, 5) is 6.88. The van der Waals surface area contributed by atoms with Crippen molar-refractivity contribution >= 4 is 0 Å². The Balaban J connectivity index is 2.29. The minimum Gasteiger partial charge on any atom is -0.481 e. The molecule has 17 heavy (non-hydrogen) atoms. The SMILES string of the molecule is COc1ncccc1[C@H]1CCCCN1C(C)C. The summed E-state index contributed by atoms with van der Waals surface area (Å²) in [6.07, 6.45) is 5.61. The summed E-state index contributed by atoms with van der Waals surface area (Å²) in [6, 6.07) is 5.19. The summed E-state index contributed by atoms with van der Waals surface area (Å²) >= 11 is 0. The van der Waals surface area contributed by atoms with Crippen LogP contribution in [0.1, 0.15) is 44.7 Å². The second kappa shape index (κ2) is 5.50. The highest BCUT2D eigenvalue weighted by Gasteiger charge is 2.28. The number of hydrogen-bond acceptors (Lipinski definition) is 3. The van der Waals surface area contributed by atoms with E-state index in [4.69, 9.17) is 4.74 Å². The van der Waals surface area contributed by atoms with Crippen molar-refractivity contribution in [3.63, 3.8) is 0 Å². The fraction of sp³-hybridized carbons (Fsp3) is 0.643. The van der Waals surface area contributed by atoms with Gasteiger partial charge < -0.3 is 4.74 Å². The highest BCUT2D eigenvalue weighted by atomic mass is 16.5. The Morgan fingerprint density at radius 1 is 1.41 bits per heavy atom. The first-order valence-corrected chi connectivity index (χ1v) is 6.48. The lowest BCUT2D eigenvalue weighted by Crippen LogP contribution is -2.38. The maximum Gasteiger partial charge on any atom is 0.217 e. The van der Waals surface area contributed by atoms with Crippen LogP contribution >= 0.6 is 0 Å². The molecule has 2 rings (SSSR count). The molecule has 0 saturated carbocycles. The second-order valence-corrected chi connectivity index (χ2v) is 4.95. The maximum atomic E-state index is 5.39. The molecule has 0 aromatic carbocycles. The highest BCUT2D eigenvalue weighted by molar-refractivity contribution is 5.29. The maximum absolute atomic E-state index is 5.39. The molecule has 0 aliphatic carbocycles. The zero-order valence-corrected chi connectivity index (χ0v) is 11.0. The number of nitrogens with zero attached hydrogens (tertiary/aromatic N) is 2. The lowest BCUT2D eigenvalue weighted by molar-refractivity contribution is 0.109. The zero-order chi connectivity index (χ0) is 12.3. The van der Waals surface area contributed by atoms with Crippen LogP contribution in [0, 0.1) is 0 Å². The average molecular weight is 234 g/mol. The second-order valence-electron chi connectivity index (χ2n) is 4.95. The lowest BCUT2D eigenvalue weighted by atomic mass is 9.94. The minimum absolute atomic E-state index is 0.465. The minimum atomic E-state index is 0.465. The third kappa shape index (κ3) is 2.60. The molecule has 1 atom stereocenters. The van der Waals surface area contributed by atoms with Gasteiger partial charge in [0.1, 0.15) is 0 Å². The highest BCUT2D eigenvalue weighted by Crippen LogP contribution is 2.35. The number of rotatable bonds is 3. The van der Waals surface area contributed by atoms with Gasteiger partial charge in [-0.15, -0.1) is 0 Å². The summed E-state index contributed by atoms with van der Waals surface area (Å²) in [5.74, 6) is 0.782. The molecular weight excluding hydrogens is 212 g/mol. The molecule has 0 N–H and O–H groups in total. The molecule has 0 unspecified atom stereocenters. The summed E-state index contributed by atoms with van der Waals surface area (Å²) in [5.41, 5.74) is 1.24. The van der Waals surface area contributed by atoms with E-state index in [2.05, 4.69) is 29.8 Å². The Labute approximate surface area is 104 Å². The molecule has 0 bridgehead atoms. The van der Waals surface area contributed by atoms with Crippen LogP contribution in [0.3, 0.4) is 0 Å². The van der Waals surface area contributed by atoms with E-state index in [0.29, 0.717) is 12.1 Å². The molecule has 1 saturated heterocycles. The molecule has 1 fully saturated rings. The quantitative estimate of drug-likeness (QED) is 0.804. The topological polar surface area (TPSA) is 25.4 Å². The molecule has 1 aliphatic heterocycles. The Kier molecular flexibility index (Phi) is 4.00. The van der Waals surface area contributed by atoms with E-state index in [1.807, 2.05) is 6.07 Å². The number of methoxy groups -OCH3 is 1. The summed E-state index contributed by atoms with van der Waals surface area (Å²) in [5, 5.41) is 0. The van der Waals surface area contributed by atoms with Gasteiger partial charge in [0.2, 0.25) is 5.88 Å². The summed E-state index contributed by atoms with van der Waals surface area (Å²) in [6.45, 7) is 5.71. The van der Waals surface area contributed by atoms with Gasteiger partial charge in [0, 0.05) is 23.8 Å². The molecule has 0 amide bonds. The van der Waals surface area contributed by atoms with Gasteiger partial charge in [0.05, 0.1) is 7.11 Å². The van der Waals surface area contributed by atoms with Crippen LogP contribution in [0.2, 0.25) is 0 Å². The molecule has 0 spiro atoms. The van der Waals surface area contributed by atoms with Crippen molar-refractivity contribution in [3.8, 4) is 5.88 Å². The molecular formula is C14H22N2O. The molecule has 1 aromatic rings. The van der Waals surface area contributed by atoms with Crippen LogP contribution in [0.5, 0.6) is 5.88 Å². The number of likely N-dealkylation sites (tertiary alicyclic amines) is 1. The molecule has 0 radical (unpaired) electrons. The van der Waals surface area contributed by atoms with E-state index in [1.165, 1.54) is 31.4 Å². The van der Waals surface area contributed by atoms with Gasteiger partial charge in [-0.1, -0.05) is 12.5 Å². The van der Waals surface area contributed by atoms with Crippen LogP contribution in [0.25, 0.3) is 0 Å². The molecule has 1 aromatic heterocycles. The third-order valence-corrected chi connectivity index (χ3v) is 3.56. The number of pyridine rings is 1. The fourth-order valence-electron chi connectivity index (χ4n) is 2.73. The Morgan fingerprint density at radius 2 is 2.24 bits per heavy atom. The molecule has 2 heterocycles. The molecule has 94 valence electrons. The monoisotopic (exact) mass is 234 g/mol. The van der Waals surface area contributed by atoms with Crippen molar-refractivity contribution in [2.24, 2.45) is 0 Å². The van der Waals surface area contributed by atoms with Crippen LogP contribution in [0.4, 0.5) is 0 Å². The predicted octanol–water partition coefficient (Wildman–Crippen LogP) is 3.03. The van der Waals surface area contributed by atoms with E-state index in [-0.39, 0.29) is 0 Å². The van der Waals surface area contributed by atoms with Gasteiger partial charge in [0.15, 0.2) is 0 Å². The van der Waals surface area contributed by atoms with Crippen molar-refractivity contribution in [3.05, 3.63) is 23.9 Å². The number of aromatic nitrogens is 1. The van der Waals surface area contributed by atoms with Crippen LogP contribution in [0.15, 0.2) is 18.3 Å². The van der Waals surface area contributed by atoms with Gasteiger partial charge in [-0.3, -0.25) is 4.90 Å². The Bertz CT molecular complexity index is 365. The van der Waals surface area contributed by atoms with Crippen LogP contribution in [-0.4, -0.2) is 29.6 Å². The molecule has 1 aliphatic rings. The van der Waals surface area contributed by atoms with Crippen LogP contribution < -0.4 is 4.74 Å². The average Bonchev–Trinajstić information content (AvgIpc) is 2.38. The van der Waals surface area contributed by atoms with E-state index in [9.17, 15) is 0 Å². The van der Waals surface area contributed by atoms with Crippen molar-refractivity contribution in [1.29, 1.82) is 0 Å². The van der Waals surface area contributed by atoms with Gasteiger partial charge in [-0.25, -0.2) is 4.98 Å². The normalized spacial score (nSPS) is 21.8. The standard InChI is InChI=1S/C14H22N2O/c1-11(2)16-10-5-4-8-13(16)12-7-6-9-15-14(12)17-3/h6-7,9,11,13H,4-5,8,10H2,1-3H3/t13-/m1/s1. The summed E-state index contributed by atoms with van der Waals surface area (Å²) < 4.78 is 5.39. The van der Waals surface area contributed by atoms with Crippen molar-refractivity contribution < 1.29 is 4.74 Å². The number of hydrogen-bond donors (Lipinski definition) is 0. The van der Waals surface area contributed by atoms with Gasteiger partial charge in [0.25, 0.3) is 0 Å². The number of ether oxygens (including phenoxy) is 1. The largest absolute Gasteiger partial charge is 0.481 e. The van der Waals surface area contributed by atoms with Gasteiger partial charge in [-0.2, -0.15) is 0 Å². The third-order valence-electron chi connectivity index (χ3n) is 3.56. The van der Waals surface area contributed by atoms with Crippen molar-refractivity contribution in [2.45, 2.75) is 45.2 Å². The lowest BCUT2D eigenvalue weighted by Gasteiger charge is -2.39. The van der Waals surface area contributed by atoms with E-state index in [0.717, 1.165) is 5.88 Å². The smallest absolute Gasteiger partial charge is 0.217 e. The van der Waals surface area contributed by atoms with Crippen LogP contribution in [-0.2, 0) is 0 Å². The Hall–Kier alpha value is -1.09. The fourth-order valence-corrected chi connectivity index (χ4v) is 2.73. The Morgan fingerprint density at radius 3 is 2.94 bits per heavy atom. The first-order valence-electron chi connectivity index (χ1n) is 6.48. The van der Waals surface area contributed by atoms with Crippen molar-refractivity contribution in [2.75, 3.05) is 13.7 Å². The molecule has 3 nitrogen and oxygen atoms in total.